The first-order valence-electron chi connectivity index (χ1n) is 11.3. The molecule has 2 aromatic carbocycles. The van der Waals surface area contributed by atoms with Gasteiger partial charge in [-0.15, -0.1) is 0 Å². The van der Waals surface area contributed by atoms with Gasteiger partial charge in [-0.3, -0.25) is 4.79 Å². The molecule has 1 amide bonds. The third kappa shape index (κ3) is 4.54. The summed E-state index contributed by atoms with van der Waals surface area (Å²) >= 11 is 6.45. The Morgan fingerprint density at radius 2 is 2.00 bits per heavy atom. The fourth-order valence-corrected chi connectivity index (χ4v) is 4.70. The first-order valence-corrected chi connectivity index (χ1v) is 11.7. The Hall–Kier alpha value is -3.50. The fourth-order valence-electron chi connectivity index (χ4n) is 4.42. The number of anilines is 1. The van der Waals surface area contributed by atoms with Gasteiger partial charge in [0, 0.05) is 36.1 Å². The molecule has 36 heavy (non-hydrogen) atoms. The Bertz CT molecular complexity index is 1320. The minimum atomic E-state index is -0.962. The highest BCUT2D eigenvalue weighted by Gasteiger charge is 2.34. The molecule has 3 aromatic rings. The van der Waals surface area contributed by atoms with Crippen molar-refractivity contribution in [3.63, 3.8) is 0 Å². The molecule has 0 aliphatic carbocycles. The smallest absolute Gasteiger partial charge is 0.319 e. The van der Waals surface area contributed by atoms with Crippen molar-refractivity contribution in [2.24, 2.45) is 0 Å². The number of carbonyl (C=O) groups excluding carboxylic acids is 1. The maximum absolute atomic E-state index is 16.0. The van der Waals surface area contributed by atoms with Gasteiger partial charge in [0.25, 0.3) is 0 Å². The molecule has 0 saturated carbocycles. The van der Waals surface area contributed by atoms with Crippen LogP contribution in [-0.2, 0) is 4.79 Å². The predicted molar refractivity (Wildman–Crippen MR) is 132 cm³/mol. The summed E-state index contributed by atoms with van der Waals surface area (Å²) in [6.07, 6.45) is 1.26. The Labute approximate surface area is 211 Å². The summed E-state index contributed by atoms with van der Waals surface area (Å²) in [5, 5.41) is 19.5. The first-order chi connectivity index (χ1) is 17.2. The summed E-state index contributed by atoms with van der Waals surface area (Å²) in [7, 11) is 0. The van der Waals surface area contributed by atoms with E-state index in [1.165, 1.54) is 24.3 Å². The minimum Gasteiger partial charge on any atom is -0.507 e. The summed E-state index contributed by atoms with van der Waals surface area (Å²) in [6, 6.07) is 4.39. The molecular formula is C25H25ClF2N4O4. The van der Waals surface area contributed by atoms with Crippen molar-refractivity contribution in [1.82, 2.24) is 14.9 Å². The van der Waals surface area contributed by atoms with E-state index in [2.05, 4.69) is 16.5 Å². The third-order valence-electron chi connectivity index (χ3n) is 6.12. The lowest BCUT2D eigenvalue weighted by Gasteiger charge is -2.44. The number of rotatable bonds is 6. The molecule has 2 N–H and O–H groups in total. The molecule has 0 radical (unpaired) electrons. The van der Waals surface area contributed by atoms with Crippen molar-refractivity contribution in [3.05, 3.63) is 53.6 Å². The van der Waals surface area contributed by atoms with E-state index in [-0.39, 0.29) is 58.7 Å². The molecule has 0 bridgehead atoms. The maximum atomic E-state index is 16.0. The number of phenols is 1. The van der Waals surface area contributed by atoms with Crippen LogP contribution in [0.2, 0.25) is 5.02 Å². The Morgan fingerprint density at radius 3 is 2.67 bits per heavy atom. The predicted octanol–water partition coefficient (Wildman–Crippen LogP) is 3.92. The number of hydrogen-bond donors (Lipinski definition) is 2. The van der Waals surface area contributed by atoms with Crippen LogP contribution in [0.1, 0.15) is 13.8 Å². The molecule has 0 unspecified atom stereocenters. The number of hydrogen-bond acceptors (Lipinski definition) is 7. The lowest BCUT2D eigenvalue weighted by atomic mass is 10.0. The molecule has 2 heterocycles. The van der Waals surface area contributed by atoms with Crippen LogP contribution in [-0.4, -0.2) is 69.4 Å². The highest BCUT2D eigenvalue weighted by molar-refractivity contribution is 6.34. The molecule has 1 saturated heterocycles. The number of piperazine rings is 1. The van der Waals surface area contributed by atoms with Gasteiger partial charge in [-0.05, 0) is 38.1 Å². The Kier molecular flexibility index (Phi) is 7.28. The second-order valence-electron chi connectivity index (χ2n) is 8.52. The molecule has 1 aromatic heterocycles. The van der Waals surface area contributed by atoms with Crippen molar-refractivity contribution in [1.29, 1.82) is 0 Å². The van der Waals surface area contributed by atoms with Gasteiger partial charge in [-0.2, -0.15) is 9.97 Å². The molecule has 11 heteroatoms. The van der Waals surface area contributed by atoms with Gasteiger partial charge in [-0.25, -0.2) is 8.78 Å². The largest absolute Gasteiger partial charge is 0.507 e. The highest BCUT2D eigenvalue weighted by atomic mass is 35.5. The molecular weight excluding hydrogens is 494 g/mol. The Morgan fingerprint density at radius 1 is 1.25 bits per heavy atom. The third-order valence-corrected chi connectivity index (χ3v) is 6.42. The number of ether oxygens (including phenoxy) is 1. The van der Waals surface area contributed by atoms with E-state index in [0.29, 0.717) is 18.9 Å². The number of phenolic OH excluding ortho intramolecular Hbond substituents is 1. The lowest BCUT2D eigenvalue weighted by molar-refractivity contribution is -0.128. The summed E-state index contributed by atoms with van der Waals surface area (Å²) < 4.78 is 36.0. The zero-order valence-electron chi connectivity index (χ0n) is 19.7. The number of benzene rings is 2. The van der Waals surface area contributed by atoms with E-state index in [9.17, 15) is 19.4 Å². The van der Waals surface area contributed by atoms with Crippen LogP contribution in [0.5, 0.6) is 11.8 Å². The highest BCUT2D eigenvalue weighted by Crippen LogP contribution is 2.43. The summed E-state index contributed by atoms with van der Waals surface area (Å²) in [5.41, 5.74) is -0.932. The normalized spacial score (nSPS) is 17.9. The van der Waals surface area contributed by atoms with Crippen LogP contribution >= 0.6 is 11.6 Å². The average molecular weight is 519 g/mol. The van der Waals surface area contributed by atoms with Gasteiger partial charge in [0.2, 0.25) is 5.91 Å². The monoisotopic (exact) mass is 518 g/mol. The zero-order valence-corrected chi connectivity index (χ0v) is 20.5. The second kappa shape index (κ2) is 10.2. The molecule has 190 valence electrons. The van der Waals surface area contributed by atoms with Crippen molar-refractivity contribution >= 4 is 34.2 Å². The lowest BCUT2D eigenvalue weighted by Crippen LogP contribution is -2.58. The molecule has 1 fully saturated rings. The molecule has 8 nitrogen and oxygen atoms in total. The van der Waals surface area contributed by atoms with Crippen LogP contribution < -0.4 is 9.64 Å². The molecule has 4 rings (SSSR count). The van der Waals surface area contributed by atoms with Gasteiger partial charge < -0.3 is 24.7 Å². The Balaban J connectivity index is 1.92. The number of carbonyl (C=O) groups is 1. The SMILES string of the molecule is C=CC(=O)N1C[C@H](C)N(c2nc(OCCO)nc3c(F)c(-c4c(O)cccc4F)c(Cl)cc23)C[C@H]1C. The van der Waals surface area contributed by atoms with E-state index in [1.807, 2.05) is 18.7 Å². The molecule has 0 spiro atoms. The second-order valence-corrected chi connectivity index (χ2v) is 8.93. The molecule has 1 aliphatic rings. The summed E-state index contributed by atoms with van der Waals surface area (Å²) in [4.78, 5) is 24.5. The number of aromatic hydroxyl groups is 1. The maximum Gasteiger partial charge on any atom is 0.319 e. The van der Waals surface area contributed by atoms with E-state index < -0.39 is 22.9 Å². The van der Waals surface area contributed by atoms with Gasteiger partial charge in [-0.1, -0.05) is 24.2 Å². The topological polar surface area (TPSA) is 99.0 Å². The summed E-state index contributed by atoms with van der Waals surface area (Å²) in [5.74, 6) is -2.19. The van der Waals surface area contributed by atoms with Gasteiger partial charge in [0.1, 0.15) is 29.5 Å². The van der Waals surface area contributed by atoms with E-state index in [4.69, 9.17) is 16.3 Å². The van der Waals surface area contributed by atoms with Crippen LogP contribution in [0, 0.1) is 11.6 Å². The van der Waals surface area contributed by atoms with Crippen molar-refractivity contribution in [2.45, 2.75) is 25.9 Å². The fraction of sp³-hybridized carbons (Fsp3) is 0.320. The zero-order chi connectivity index (χ0) is 26.1. The van der Waals surface area contributed by atoms with Gasteiger partial charge in [0.15, 0.2) is 5.82 Å². The van der Waals surface area contributed by atoms with E-state index in [1.54, 1.807) is 4.90 Å². The standard InChI is InChI=1S/C25H25ClF2N4O4/c1-4-19(35)31-11-14(3)32(12-13(31)2)24-15-10-16(26)20(21-17(27)6-5-7-18(21)34)22(28)23(15)29-25(30-24)36-9-8-33/h4-7,10,13-14,33-34H,1,8-9,11-12H2,2-3H3/t13-,14+/m1/s1. The van der Waals surface area contributed by atoms with Gasteiger partial charge in [0.05, 0.1) is 17.2 Å². The number of aliphatic hydroxyl groups is 1. The molecule has 1 aliphatic heterocycles. The molecule has 2 atom stereocenters. The number of amides is 1. The van der Waals surface area contributed by atoms with Crippen molar-refractivity contribution in [2.75, 3.05) is 31.2 Å². The van der Waals surface area contributed by atoms with Crippen LogP contribution in [0.15, 0.2) is 36.9 Å². The number of fused-ring (bicyclic) bond motifs is 1. The van der Waals surface area contributed by atoms with Gasteiger partial charge >= 0.3 is 6.01 Å². The number of aromatic nitrogens is 2. The average Bonchev–Trinajstić information content (AvgIpc) is 2.85. The van der Waals surface area contributed by atoms with Crippen LogP contribution in [0.3, 0.4) is 0 Å². The summed E-state index contributed by atoms with van der Waals surface area (Å²) in [6.45, 7) is 7.60. The van der Waals surface area contributed by atoms with Crippen LogP contribution in [0.4, 0.5) is 14.6 Å². The minimum absolute atomic E-state index is 0.130. The van der Waals surface area contributed by atoms with E-state index in [0.717, 1.165) is 6.07 Å². The quantitative estimate of drug-likeness (QED) is 0.477. The number of nitrogens with zero attached hydrogens (tertiary/aromatic N) is 4. The van der Waals surface area contributed by atoms with Crippen molar-refractivity contribution < 1.29 is 28.5 Å². The van der Waals surface area contributed by atoms with Crippen molar-refractivity contribution in [3.8, 4) is 22.9 Å². The first kappa shape index (κ1) is 25.6. The van der Waals surface area contributed by atoms with Crippen LogP contribution in [0.25, 0.3) is 22.0 Å². The number of halogens is 3. The number of aliphatic hydroxyl groups excluding tert-OH is 1. The van der Waals surface area contributed by atoms with E-state index >= 15 is 4.39 Å².